The van der Waals surface area contributed by atoms with E-state index in [1.165, 1.54) is 23.5 Å². The van der Waals surface area contributed by atoms with Crippen LogP contribution in [0.25, 0.3) is 0 Å². The number of likely N-dealkylation sites (N-methyl/N-ethyl adjacent to an activating group) is 1. The maximum absolute atomic E-state index is 12.8. The van der Waals surface area contributed by atoms with Crippen molar-refractivity contribution in [2.24, 2.45) is 0 Å². The SMILES string of the molecule is CN([C@H]1COC2(CCN(C(=O)O[C@H](CO)C(F)(F)F)CC2)C1)S(=O)(=O)c1ccccc1. The number of hydrogen-bond donors (Lipinski definition) is 1. The van der Waals surface area contributed by atoms with Crippen molar-refractivity contribution in [3.8, 4) is 0 Å². The number of benzene rings is 1. The first kappa shape index (κ1) is 23.8. The fraction of sp³-hybridized carbons (Fsp3) is 0.632. The Labute approximate surface area is 178 Å². The summed E-state index contributed by atoms with van der Waals surface area (Å²) in [6.45, 7) is -0.943. The van der Waals surface area contributed by atoms with E-state index in [-0.39, 0.29) is 24.6 Å². The van der Waals surface area contributed by atoms with Gasteiger partial charge in [0, 0.05) is 20.1 Å². The van der Waals surface area contributed by atoms with Crippen LogP contribution in [0.4, 0.5) is 18.0 Å². The molecule has 0 aromatic heterocycles. The molecule has 2 aliphatic heterocycles. The van der Waals surface area contributed by atoms with E-state index in [1.807, 2.05) is 0 Å². The van der Waals surface area contributed by atoms with Gasteiger partial charge >= 0.3 is 12.3 Å². The number of aliphatic hydroxyl groups excluding tert-OH is 1. The van der Waals surface area contributed by atoms with E-state index >= 15 is 0 Å². The van der Waals surface area contributed by atoms with Gasteiger partial charge in [-0.1, -0.05) is 18.2 Å². The number of likely N-dealkylation sites (tertiary alicyclic amines) is 1. The zero-order valence-corrected chi connectivity index (χ0v) is 17.7. The molecule has 2 atom stereocenters. The Balaban J connectivity index is 1.58. The molecular formula is C19H25F3N2O6S. The second-order valence-corrected chi connectivity index (χ2v) is 9.77. The first-order valence-corrected chi connectivity index (χ1v) is 11.2. The maximum atomic E-state index is 12.8. The van der Waals surface area contributed by atoms with Gasteiger partial charge in [-0.15, -0.1) is 0 Å². The number of amides is 1. The van der Waals surface area contributed by atoms with Gasteiger partial charge in [0.15, 0.2) is 0 Å². The van der Waals surface area contributed by atoms with Crippen molar-refractivity contribution in [2.45, 2.75) is 48.1 Å². The van der Waals surface area contributed by atoms with Crippen LogP contribution in [0.1, 0.15) is 19.3 Å². The monoisotopic (exact) mass is 466 g/mol. The lowest BCUT2D eigenvalue weighted by atomic mass is 9.87. The molecule has 1 spiro atoms. The van der Waals surface area contributed by atoms with Crippen LogP contribution in [0.5, 0.6) is 0 Å². The second-order valence-electron chi connectivity index (χ2n) is 7.77. The molecule has 2 saturated heterocycles. The molecule has 0 aliphatic carbocycles. The maximum Gasteiger partial charge on any atom is 0.427 e. The van der Waals surface area contributed by atoms with Crippen LogP contribution in [0, 0.1) is 0 Å². The molecule has 31 heavy (non-hydrogen) atoms. The summed E-state index contributed by atoms with van der Waals surface area (Å²) in [5.74, 6) is 0. The zero-order valence-electron chi connectivity index (χ0n) is 16.9. The van der Waals surface area contributed by atoms with Gasteiger partial charge in [-0.05, 0) is 31.4 Å². The second kappa shape index (κ2) is 8.93. The lowest BCUT2D eigenvalue weighted by Gasteiger charge is -2.38. The molecule has 1 amide bonds. The quantitative estimate of drug-likeness (QED) is 0.713. The number of alkyl halides is 3. The molecule has 2 aliphatic rings. The van der Waals surface area contributed by atoms with Gasteiger partial charge in [0.1, 0.15) is 0 Å². The third-order valence-corrected chi connectivity index (χ3v) is 7.76. The minimum atomic E-state index is -4.85. The Bertz CT molecular complexity index is 872. The van der Waals surface area contributed by atoms with Gasteiger partial charge < -0.3 is 19.5 Å². The Morgan fingerprint density at radius 3 is 2.48 bits per heavy atom. The Morgan fingerprint density at radius 1 is 1.32 bits per heavy atom. The van der Waals surface area contributed by atoms with Crippen molar-refractivity contribution in [1.82, 2.24) is 9.21 Å². The van der Waals surface area contributed by atoms with Gasteiger partial charge in [0.05, 0.1) is 29.8 Å². The number of nitrogens with zero attached hydrogens (tertiary/aromatic N) is 2. The van der Waals surface area contributed by atoms with Crippen molar-refractivity contribution in [2.75, 3.05) is 33.4 Å². The number of piperidine rings is 1. The number of carbonyl (C=O) groups is 1. The average molecular weight is 466 g/mol. The predicted molar refractivity (Wildman–Crippen MR) is 103 cm³/mol. The van der Waals surface area contributed by atoms with Crippen LogP contribution in [0.2, 0.25) is 0 Å². The summed E-state index contributed by atoms with van der Waals surface area (Å²) in [7, 11) is -2.20. The van der Waals surface area contributed by atoms with Gasteiger partial charge in [-0.25, -0.2) is 13.2 Å². The van der Waals surface area contributed by atoms with Crippen LogP contribution in [-0.2, 0) is 19.5 Å². The molecule has 1 aromatic rings. The molecule has 8 nitrogen and oxygen atoms in total. The topological polar surface area (TPSA) is 96.4 Å². The van der Waals surface area contributed by atoms with E-state index in [1.54, 1.807) is 18.2 Å². The predicted octanol–water partition coefficient (Wildman–Crippen LogP) is 1.99. The number of rotatable bonds is 5. The highest BCUT2D eigenvalue weighted by atomic mass is 32.2. The number of carbonyl (C=O) groups excluding carboxylic acids is 1. The summed E-state index contributed by atoms with van der Waals surface area (Å²) in [6, 6.07) is 7.64. The molecule has 0 saturated carbocycles. The van der Waals surface area contributed by atoms with Crippen molar-refractivity contribution in [3.63, 3.8) is 0 Å². The Hall–Kier alpha value is -1.89. The van der Waals surface area contributed by atoms with E-state index in [0.717, 1.165) is 4.90 Å². The van der Waals surface area contributed by atoms with Gasteiger partial charge in [0.2, 0.25) is 16.1 Å². The lowest BCUT2D eigenvalue weighted by Crippen LogP contribution is -2.49. The van der Waals surface area contributed by atoms with Crippen LogP contribution >= 0.6 is 0 Å². The van der Waals surface area contributed by atoms with Crippen LogP contribution in [0.15, 0.2) is 35.2 Å². The summed E-state index contributed by atoms with van der Waals surface area (Å²) in [5, 5.41) is 8.82. The average Bonchev–Trinajstić information content (AvgIpc) is 3.14. The van der Waals surface area contributed by atoms with E-state index in [0.29, 0.717) is 19.3 Å². The van der Waals surface area contributed by atoms with Crippen molar-refractivity contribution < 1.29 is 41.0 Å². The first-order chi connectivity index (χ1) is 14.5. The Kier molecular flexibility index (Phi) is 6.84. The highest BCUT2D eigenvalue weighted by Crippen LogP contribution is 2.39. The summed E-state index contributed by atoms with van der Waals surface area (Å²) in [4.78, 5) is 13.4. The van der Waals surface area contributed by atoms with Crippen molar-refractivity contribution in [3.05, 3.63) is 30.3 Å². The number of ether oxygens (including phenoxy) is 2. The third-order valence-electron chi connectivity index (χ3n) is 5.83. The molecule has 174 valence electrons. The largest absolute Gasteiger partial charge is 0.434 e. The van der Waals surface area contributed by atoms with Crippen LogP contribution in [-0.4, -0.2) is 86.1 Å². The fourth-order valence-corrected chi connectivity index (χ4v) is 5.22. The molecule has 1 N–H and O–H groups in total. The van der Waals surface area contributed by atoms with Crippen LogP contribution < -0.4 is 0 Å². The normalized spacial score (nSPS) is 22.6. The lowest BCUT2D eigenvalue weighted by molar-refractivity contribution is -0.215. The van der Waals surface area contributed by atoms with Gasteiger partial charge in [0.25, 0.3) is 0 Å². The zero-order chi connectivity index (χ0) is 22.9. The Morgan fingerprint density at radius 2 is 1.94 bits per heavy atom. The third kappa shape index (κ3) is 5.13. The van der Waals surface area contributed by atoms with Crippen molar-refractivity contribution >= 4 is 16.1 Å². The van der Waals surface area contributed by atoms with E-state index in [2.05, 4.69) is 4.74 Å². The van der Waals surface area contributed by atoms with E-state index in [9.17, 15) is 26.4 Å². The first-order valence-electron chi connectivity index (χ1n) is 9.79. The molecule has 0 radical (unpaired) electrons. The number of sulfonamides is 1. The smallest absolute Gasteiger partial charge is 0.427 e. The standard InChI is InChI=1S/C19H25F3N2O6S/c1-23(31(27,28)15-5-3-2-4-6-15)14-11-18(29-13-14)7-9-24(10-8-18)17(26)30-16(12-25)19(20,21)22/h2-6,14,16,25H,7-13H2,1H3/t14-,16-/m1/s1. The molecule has 1 aromatic carbocycles. The van der Waals surface area contributed by atoms with Gasteiger partial charge in [-0.2, -0.15) is 17.5 Å². The minimum absolute atomic E-state index is 0.108. The summed E-state index contributed by atoms with van der Waals surface area (Å²) in [6.07, 6.45) is -7.47. The summed E-state index contributed by atoms with van der Waals surface area (Å²) >= 11 is 0. The fourth-order valence-electron chi connectivity index (χ4n) is 3.86. The molecule has 0 bridgehead atoms. The van der Waals surface area contributed by atoms with Crippen molar-refractivity contribution in [1.29, 1.82) is 0 Å². The number of aliphatic hydroxyl groups is 1. The minimum Gasteiger partial charge on any atom is -0.434 e. The highest BCUT2D eigenvalue weighted by molar-refractivity contribution is 7.89. The van der Waals surface area contributed by atoms with Crippen LogP contribution in [0.3, 0.4) is 0 Å². The van der Waals surface area contributed by atoms with E-state index < -0.39 is 46.6 Å². The number of hydrogen-bond acceptors (Lipinski definition) is 6. The number of halogens is 3. The van der Waals surface area contributed by atoms with Gasteiger partial charge in [-0.3, -0.25) is 0 Å². The molecule has 3 rings (SSSR count). The summed E-state index contributed by atoms with van der Waals surface area (Å²) in [5.41, 5.74) is -0.650. The highest BCUT2D eigenvalue weighted by Gasteiger charge is 2.48. The molecule has 2 heterocycles. The molecular weight excluding hydrogens is 441 g/mol. The molecule has 0 unspecified atom stereocenters. The molecule has 2 fully saturated rings. The van der Waals surface area contributed by atoms with E-state index in [4.69, 9.17) is 9.84 Å². The summed E-state index contributed by atoms with van der Waals surface area (Å²) < 4.78 is 75.4. The molecule has 12 heteroatoms.